The van der Waals surface area contributed by atoms with Crippen LogP contribution in [0.25, 0.3) is 0 Å². The molecule has 14 heteroatoms. The van der Waals surface area contributed by atoms with Crippen molar-refractivity contribution in [3.8, 4) is 0 Å². The first-order valence-corrected chi connectivity index (χ1v) is 10.8. The highest BCUT2D eigenvalue weighted by Gasteiger charge is 2.64. The number of carboxylic acids is 2. The van der Waals surface area contributed by atoms with Gasteiger partial charge in [-0.25, -0.2) is 14.6 Å². The van der Waals surface area contributed by atoms with Crippen molar-refractivity contribution in [3.05, 3.63) is 11.1 Å². The van der Waals surface area contributed by atoms with Gasteiger partial charge in [-0.1, -0.05) is 5.16 Å². The number of hydrogen-bond donors (Lipinski definition) is 4. The van der Waals surface area contributed by atoms with E-state index in [-0.39, 0.29) is 16.5 Å². The van der Waals surface area contributed by atoms with Gasteiger partial charge in [0, 0.05) is 10.1 Å². The second-order valence-electron chi connectivity index (χ2n) is 7.97. The number of carbonyl (C=O) groups excluding carboxylic acids is 2. The molecule has 0 radical (unpaired) electrons. The molecular weight excluding hydrogens is 450 g/mol. The third-order valence-corrected chi connectivity index (χ3v) is 7.07. The number of aromatic nitrogens is 1. The summed E-state index contributed by atoms with van der Waals surface area (Å²) in [6.07, 6.45) is 0. The molecule has 168 valence electrons. The molecule has 12 nitrogen and oxygen atoms in total. The van der Waals surface area contributed by atoms with Crippen molar-refractivity contribution in [1.82, 2.24) is 15.2 Å². The average molecular weight is 472 g/mol. The molecule has 0 spiro atoms. The summed E-state index contributed by atoms with van der Waals surface area (Å²) in [6, 6.07) is -2.00. The van der Waals surface area contributed by atoms with Crippen molar-refractivity contribution in [3.63, 3.8) is 0 Å². The number of thioether (sulfide) groups is 1. The minimum Gasteiger partial charge on any atom is -0.480 e. The molecule has 0 aromatic carbocycles. The molecule has 5 N–H and O–H groups in total. The van der Waals surface area contributed by atoms with Crippen LogP contribution in [-0.2, 0) is 24.0 Å². The van der Waals surface area contributed by atoms with E-state index in [0.717, 1.165) is 11.3 Å². The van der Waals surface area contributed by atoms with E-state index in [1.807, 2.05) is 0 Å². The predicted octanol–water partition coefficient (Wildman–Crippen LogP) is -0.0591. The van der Waals surface area contributed by atoms with Crippen LogP contribution in [0.4, 0.5) is 5.13 Å². The highest BCUT2D eigenvalue weighted by molar-refractivity contribution is 8.01. The number of fused-ring (bicyclic) bond motifs is 1. The number of nitrogen functional groups attached to an aromatic ring is 1. The number of carbonyl (C=O) groups is 4. The van der Waals surface area contributed by atoms with Gasteiger partial charge in [-0.3, -0.25) is 9.59 Å². The largest absolute Gasteiger partial charge is 0.480 e. The van der Waals surface area contributed by atoms with Crippen molar-refractivity contribution in [1.29, 1.82) is 0 Å². The minimum absolute atomic E-state index is 0.0487. The third-order valence-electron chi connectivity index (χ3n) is 4.82. The molecule has 1 aromatic rings. The maximum atomic E-state index is 12.9. The van der Waals surface area contributed by atoms with Gasteiger partial charge in [0.2, 0.25) is 11.5 Å². The zero-order chi connectivity index (χ0) is 23.3. The Morgan fingerprint density at radius 3 is 2.52 bits per heavy atom. The van der Waals surface area contributed by atoms with Crippen LogP contribution in [-0.4, -0.2) is 77.4 Å². The van der Waals surface area contributed by atoms with E-state index in [4.69, 9.17) is 10.6 Å². The molecule has 1 aromatic heterocycles. The summed E-state index contributed by atoms with van der Waals surface area (Å²) in [5, 5.41) is 25.9. The van der Waals surface area contributed by atoms with Gasteiger partial charge in [0.15, 0.2) is 10.8 Å². The molecule has 2 amide bonds. The van der Waals surface area contributed by atoms with E-state index in [1.165, 1.54) is 35.9 Å². The Morgan fingerprint density at radius 2 is 2.00 bits per heavy atom. The van der Waals surface area contributed by atoms with E-state index >= 15 is 0 Å². The fourth-order valence-corrected chi connectivity index (χ4v) is 5.33. The number of nitrogens with one attached hydrogen (secondary N) is 1. The lowest BCUT2D eigenvalue weighted by atomic mass is 9.96. The predicted molar refractivity (Wildman–Crippen MR) is 112 cm³/mol. The Hall–Kier alpha value is -2.87. The number of hydrogen-bond acceptors (Lipinski definition) is 10. The average Bonchev–Trinajstić information content (AvgIpc) is 3.18. The molecule has 3 rings (SSSR count). The van der Waals surface area contributed by atoms with E-state index < -0.39 is 51.6 Å². The van der Waals surface area contributed by atoms with Crippen LogP contribution in [0.5, 0.6) is 0 Å². The number of rotatable bonds is 7. The number of amides is 2. The number of β-lactam (4-membered cyclic amide) rings is 1. The second-order valence-corrected chi connectivity index (χ2v) is 10.6. The van der Waals surface area contributed by atoms with Gasteiger partial charge in [0.1, 0.15) is 23.2 Å². The summed E-state index contributed by atoms with van der Waals surface area (Å²) in [4.78, 5) is 58.6. The van der Waals surface area contributed by atoms with Crippen LogP contribution in [0.3, 0.4) is 0 Å². The number of oxime groups is 1. The molecule has 2 aliphatic heterocycles. The lowest BCUT2D eigenvalue weighted by Crippen LogP contribution is -2.71. The number of aliphatic carboxylic acids is 2. The lowest BCUT2D eigenvalue weighted by molar-refractivity contribution is -0.161. The Balaban J connectivity index is 1.83. The molecule has 2 aliphatic rings. The summed E-state index contributed by atoms with van der Waals surface area (Å²) in [6.45, 7) is 5.93. The third kappa shape index (κ3) is 4.04. The fraction of sp³-hybridized carbons (Fsp3) is 0.529. The molecule has 0 bridgehead atoms. The molecule has 0 unspecified atom stereocenters. The summed E-state index contributed by atoms with van der Waals surface area (Å²) in [5.74, 6) is -3.79. The number of thiazole rings is 1. The Labute approximate surface area is 184 Å². The summed E-state index contributed by atoms with van der Waals surface area (Å²) in [5.41, 5.74) is 3.58. The molecule has 3 heterocycles. The SMILES string of the molecule is CC(C)(O/N=C(\C(=O)N[C@@H]1C(=O)N2[C@@H]1SC(C)(C)[C@@H]2C(=O)O)c1csc(N)n1)C(=O)O. The Kier molecular flexibility index (Phi) is 5.65. The van der Waals surface area contributed by atoms with Crippen molar-refractivity contribution in [2.45, 2.75) is 55.5 Å². The lowest BCUT2D eigenvalue weighted by Gasteiger charge is -2.43. The Bertz CT molecular complexity index is 989. The van der Waals surface area contributed by atoms with E-state index in [2.05, 4.69) is 15.5 Å². The van der Waals surface area contributed by atoms with E-state index in [9.17, 15) is 29.4 Å². The van der Waals surface area contributed by atoms with Gasteiger partial charge in [-0.05, 0) is 27.7 Å². The van der Waals surface area contributed by atoms with Crippen LogP contribution < -0.4 is 11.1 Å². The topological polar surface area (TPSA) is 185 Å². The van der Waals surface area contributed by atoms with Crippen LogP contribution in [0.15, 0.2) is 10.5 Å². The van der Waals surface area contributed by atoms with Gasteiger partial charge in [0.25, 0.3) is 5.91 Å². The molecular formula is C17H21N5O7S2. The number of carboxylic acid groups (broad SMARTS) is 2. The smallest absolute Gasteiger partial charge is 0.350 e. The van der Waals surface area contributed by atoms with Crippen LogP contribution >= 0.6 is 23.1 Å². The van der Waals surface area contributed by atoms with Gasteiger partial charge >= 0.3 is 11.9 Å². The molecule has 2 fully saturated rings. The molecule has 2 saturated heterocycles. The molecule has 3 atom stereocenters. The summed E-state index contributed by atoms with van der Waals surface area (Å²) < 4.78 is -0.749. The normalized spacial score (nSPS) is 24.9. The van der Waals surface area contributed by atoms with E-state index in [1.54, 1.807) is 13.8 Å². The first-order chi connectivity index (χ1) is 14.3. The quantitative estimate of drug-likeness (QED) is 0.238. The van der Waals surface area contributed by atoms with Crippen LogP contribution in [0.2, 0.25) is 0 Å². The number of nitrogens with two attached hydrogens (primary N) is 1. The fourth-order valence-electron chi connectivity index (χ4n) is 3.15. The number of nitrogens with zero attached hydrogens (tertiary/aromatic N) is 3. The maximum Gasteiger partial charge on any atom is 0.350 e. The van der Waals surface area contributed by atoms with Gasteiger partial charge in [-0.15, -0.1) is 23.1 Å². The highest BCUT2D eigenvalue weighted by atomic mass is 32.2. The summed E-state index contributed by atoms with van der Waals surface area (Å²) in [7, 11) is 0. The van der Waals surface area contributed by atoms with Crippen molar-refractivity contribution >= 4 is 57.7 Å². The Morgan fingerprint density at radius 1 is 1.35 bits per heavy atom. The van der Waals surface area contributed by atoms with Crippen molar-refractivity contribution in [2.75, 3.05) is 5.73 Å². The van der Waals surface area contributed by atoms with E-state index in [0.29, 0.717) is 0 Å². The van der Waals surface area contributed by atoms with Gasteiger partial charge in [0.05, 0.1) is 0 Å². The maximum absolute atomic E-state index is 12.9. The number of anilines is 1. The van der Waals surface area contributed by atoms with Crippen molar-refractivity contribution in [2.24, 2.45) is 5.16 Å². The summed E-state index contributed by atoms with van der Waals surface area (Å²) >= 11 is 2.31. The monoisotopic (exact) mass is 471 g/mol. The zero-order valence-electron chi connectivity index (χ0n) is 17.0. The highest BCUT2D eigenvalue weighted by Crippen LogP contribution is 2.50. The van der Waals surface area contributed by atoms with Crippen LogP contribution in [0, 0.1) is 0 Å². The molecule has 0 saturated carbocycles. The first kappa shape index (κ1) is 22.8. The zero-order valence-corrected chi connectivity index (χ0v) is 18.6. The standard InChI is InChI=1S/C17H21N5O7S2/c1-16(2,14(27)28)29-21-7(6-5-30-15(18)19-6)10(23)20-8-11(24)22-9(13(25)26)17(3,4)31-12(8)22/h5,8-9,12H,1-4H3,(H2,18,19)(H,20,23)(H,25,26)(H,27,28)/b21-7-/t8-,9+,12-/m1/s1. The van der Waals surface area contributed by atoms with Crippen LogP contribution in [0.1, 0.15) is 33.4 Å². The van der Waals surface area contributed by atoms with Gasteiger partial charge < -0.3 is 31.0 Å². The van der Waals surface area contributed by atoms with Gasteiger partial charge in [-0.2, -0.15) is 0 Å². The molecule has 31 heavy (non-hydrogen) atoms. The molecule has 0 aliphatic carbocycles. The van der Waals surface area contributed by atoms with Crippen molar-refractivity contribution < 1.29 is 34.2 Å². The minimum atomic E-state index is -1.73. The first-order valence-electron chi connectivity index (χ1n) is 9.01. The second kappa shape index (κ2) is 7.67.